The Labute approximate surface area is 171 Å². The van der Waals surface area contributed by atoms with E-state index in [1.54, 1.807) is 18.2 Å². The number of ether oxygens (including phenoxy) is 1. The first-order chi connectivity index (χ1) is 14.3. The first-order valence-corrected chi connectivity index (χ1v) is 8.95. The number of carbonyl (C=O) groups excluding carboxylic acids is 2. The number of nitrogens with zero attached hydrogens (tertiary/aromatic N) is 3. The Morgan fingerprint density at radius 3 is 2.60 bits per heavy atom. The Kier molecular flexibility index (Phi) is 6.16. The number of nitro groups is 1. The first-order valence-electron chi connectivity index (χ1n) is 8.95. The maximum atomic E-state index is 12.2. The maximum Gasteiger partial charge on any atom is 0.328 e. The second-order valence-electron chi connectivity index (χ2n) is 6.48. The molecule has 1 aromatic heterocycles. The van der Waals surface area contributed by atoms with Gasteiger partial charge in [0, 0.05) is 23.3 Å². The molecule has 10 heteroatoms. The summed E-state index contributed by atoms with van der Waals surface area (Å²) in [5, 5.41) is 20.9. The van der Waals surface area contributed by atoms with Crippen LogP contribution in [0.15, 0.2) is 52.9 Å². The monoisotopic (exact) mass is 410 g/mol. The summed E-state index contributed by atoms with van der Waals surface area (Å²) in [6.07, 6.45) is 0. The van der Waals surface area contributed by atoms with Crippen molar-refractivity contribution in [3.8, 4) is 11.5 Å². The molecule has 0 saturated heterocycles. The van der Waals surface area contributed by atoms with Crippen molar-refractivity contribution < 1.29 is 23.7 Å². The minimum absolute atomic E-state index is 0.0499. The van der Waals surface area contributed by atoms with Crippen molar-refractivity contribution >= 4 is 17.6 Å². The Bertz CT molecular complexity index is 1080. The van der Waals surface area contributed by atoms with Gasteiger partial charge in [0.15, 0.2) is 6.61 Å². The SMILES string of the molecule is Cc1cccc(C(=O)N[C@@H](C)C(=O)OCc2nnc(-c3ccc([N+](=O)[O-])cc3)o2)c1. The van der Waals surface area contributed by atoms with Crippen molar-refractivity contribution in [1.82, 2.24) is 15.5 Å². The third kappa shape index (κ3) is 5.04. The number of non-ortho nitro benzene ring substituents is 1. The summed E-state index contributed by atoms with van der Waals surface area (Å²) in [7, 11) is 0. The van der Waals surface area contributed by atoms with Crippen LogP contribution in [0.4, 0.5) is 5.69 Å². The van der Waals surface area contributed by atoms with E-state index in [9.17, 15) is 19.7 Å². The van der Waals surface area contributed by atoms with Crippen LogP contribution in [-0.4, -0.2) is 33.0 Å². The van der Waals surface area contributed by atoms with E-state index in [2.05, 4.69) is 15.5 Å². The number of aryl methyl sites for hydroxylation is 1. The molecule has 3 rings (SSSR count). The number of aromatic nitrogens is 2. The van der Waals surface area contributed by atoms with Crippen LogP contribution in [0.5, 0.6) is 0 Å². The lowest BCUT2D eigenvalue weighted by Crippen LogP contribution is -2.39. The lowest BCUT2D eigenvalue weighted by molar-refractivity contribution is -0.384. The molecule has 0 unspecified atom stereocenters. The van der Waals surface area contributed by atoms with E-state index < -0.39 is 16.9 Å². The van der Waals surface area contributed by atoms with Crippen molar-refractivity contribution in [3.05, 3.63) is 75.7 Å². The van der Waals surface area contributed by atoms with Crippen LogP contribution in [-0.2, 0) is 16.1 Å². The Hall–Kier alpha value is -4.08. The van der Waals surface area contributed by atoms with E-state index in [0.29, 0.717) is 11.1 Å². The third-order valence-electron chi connectivity index (χ3n) is 4.11. The number of hydrogen-bond acceptors (Lipinski definition) is 8. The normalized spacial score (nSPS) is 11.5. The smallest absolute Gasteiger partial charge is 0.328 e. The van der Waals surface area contributed by atoms with Gasteiger partial charge in [0.05, 0.1) is 4.92 Å². The van der Waals surface area contributed by atoms with Crippen LogP contribution in [0.25, 0.3) is 11.5 Å². The molecule has 0 radical (unpaired) electrons. The summed E-state index contributed by atoms with van der Waals surface area (Å²) in [5.74, 6) is -0.863. The van der Waals surface area contributed by atoms with Crippen molar-refractivity contribution in [2.75, 3.05) is 0 Å². The molecule has 0 spiro atoms. The molecular weight excluding hydrogens is 392 g/mol. The van der Waals surface area contributed by atoms with E-state index in [1.165, 1.54) is 31.2 Å². The summed E-state index contributed by atoms with van der Waals surface area (Å²) in [4.78, 5) is 34.5. The van der Waals surface area contributed by atoms with Crippen LogP contribution in [0.3, 0.4) is 0 Å². The third-order valence-corrected chi connectivity index (χ3v) is 4.11. The summed E-state index contributed by atoms with van der Waals surface area (Å²) >= 11 is 0. The van der Waals surface area contributed by atoms with Crippen molar-refractivity contribution in [1.29, 1.82) is 0 Å². The molecule has 0 aliphatic rings. The van der Waals surface area contributed by atoms with Gasteiger partial charge >= 0.3 is 5.97 Å². The van der Waals surface area contributed by atoms with Gasteiger partial charge in [0.25, 0.3) is 17.5 Å². The quantitative estimate of drug-likeness (QED) is 0.356. The highest BCUT2D eigenvalue weighted by molar-refractivity contribution is 5.96. The molecule has 0 saturated carbocycles. The predicted octanol–water partition coefficient (Wildman–Crippen LogP) is 2.81. The van der Waals surface area contributed by atoms with Gasteiger partial charge in [0.1, 0.15) is 6.04 Å². The van der Waals surface area contributed by atoms with Gasteiger partial charge in [-0.25, -0.2) is 4.79 Å². The highest BCUT2D eigenvalue weighted by Crippen LogP contribution is 2.21. The number of amides is 1. The zero-order valence-electron chi connectivity index (χ0n) is 16.2. The zero-order valence-corrected chi connectivity index (χ0v) is 16.2. The molecular formula is C20H18N4O6. The minimum atomic E-state index is -0.880. The fraction of sp³-hybridized carbons (Fsp3) is 0.200. The molecule has 3 aromatic rings. The van der Waals surface area contributed by atoms with Crippen LogP contribution in [0, 0.1) is 17.0 Å². The van der Waals surface area contributed by atoms with E-state index in [-0.39, 0.29) is 30.0 Å². The highest BCUT2D eigenvalue weighted by Gasteiger charge is 2.19. The number of benzene rings is 2. The fourth-order valence-corrected chi connectivity index (χ4v) is 2.54. The Morgan fingerprint density at radius 1 is 1.20 bits per heavy atom. The largest absolute Gasteiger partial charge is 0.454 e. The standard InChI is InChI=1S/C20H18N4O6/c1-12-4-3-5-15(10-12)18(25)21-13(2)20(26)29-11-17-22-23-19(30-17)14-6-8-16(9-7-14)24(27)28/h3-10,13H,11H2,1-2H3,(H,21,25)/t13-/m0/s1. The number of carbonyl (C=O) groups is 2. The lowest BCUT2D eigenvalue weighted by atomic mass is 10.1. The van der Waals surface area contributed by atoms with E-state index in [4.69, 9.17) is 9.15 Å². The number of esters is 1. The van der Waals surface area contributed by atoms with Gasteiger partial charge in [-0.1, -0.05) is 17.7 Å². The van der Waals surface area contributed by atoms with Gasteiger partial charge in [-0.05, 0) is 38.1 Å². The second-order valence-corrected chi connectivity index (χ2v) is 6.48. The molecule has 0 aliphatic heterocycles. The Morgan fingerprint density at radius 2 is 1.93 bits per heavy atom. The average Bonchev–Trinajstić information content (AvgIpc) is 3.21. The van der Waals surface area contributed by atoms with Crippen LogP contribution in [0.1, 0.15) is 28.7 Å². The van der Waals surface area contributed by atoms with Gasteiger partial charge in [-0.3, -0.25) is 14.9 Å². The second kappa shape index (κ2) is 8.95. The van der Waals surface area contributed by atoms with E-state index in [1.807, 2.05) is 13.0 Å². The minimum Gasteiger partial charge on any atom is -0.454 e. The van der Waals surface area contributed by atoms with Crippen LogP contribution < -0.4 is 5.32 Å². The van der Waals surface area contributed by atoms with Crippen LogP contribution >= 0.6 is 0 Å². The summed E-state index contributed by atoms with van der Waals surface area (Å²) < 4.78 is 10.5. The molecule has 0 bridgehead atoms. The van der Waals surface area contributed by atoms with Crippen molar-refractivity contribution in [2.45, 2.75) is 26.5 Å². The lowest BCUT2D eigenvalue weighted by Gasteiger charge is -2.12. The topological polar surface area (TPSA) is 137 Å². The maximum absolute atomic E-state index is 12.2. The number of hydrogen-bond donors (Lipinski definition) is 1. The molecule has 10 nitrogen and oxygen atoms in total. The van der Waals surface area contributed by atoms with Gasteiger partial charge < -0.3 is 14.5 Å². The van der Waals surface area contributed by atoms with Gasteiger partial charge in [0.2, 0.25) is 5.89 Å². The van der Waals surface area contributed by atoms with Crippen molar-refractivity contribution in [2.24, 2.45) is 0 Å². The number of rotatable bonds is 7. The van der Waals surface area contributed by atoms with Gasteiger partial charge in [-0.15, -0.1) is 10.2 Å². The molecule has 2 aromatic carbocycles. The Balaban J connectivity index is 1.54. The molecule has 154 valence electrons. The fourth-order valence-electron chi connectivity index (χ4n) is 2.54. The van der Waals surface area contributed by atoms with Crippen LogP contribution in [0.2, 0.25) is 0 Å². The molecule has 0 aliphatic carbocycles. The first kappa shape index (κ1) is 20.6. The summed E-state index contributed by atoms with van der Waals surface area (Å²) in [6.45, 7) is 3.10. The molecule has 1 amide bonds. The number of nitrogens with one attached hydrogen (secondary N) is 1. The molecule has 1 atom stereocenters. The average molecular weight is 410 g/mol. The molecule has 1 N–H and O–H groups in total. The molecule has 1 heterocycles. The molecule has 0 fully saturated rings. The predicted molar refractivity (Wildman–Crippen MR) is 104 cm³/mol. The van der Waals surface area contributed by atoms with Gasteiger partial charge in [-0.2, -0.15) is 0 Å². The van der Waals surface area contributed by atoms with E-state index in [0.717, 1.165) is 5.56 Å². The highest BCUT2D eigenvalue weighted by atomic mass is 16.6. The zero-order chi connectivity index (χ0) is 21.7. The van der Waals surface area contributed by atoms with Crippen molar-refractivity contribution in [3.63, 3.8) is 0 Å². The summed E-state index contributed by atoms with van der Waals surface area (Å²) in [5.41, 5.74) is 1.80. The van der Waals surface area contributed by atoms with E-state index >= 15 is 0 Å². The summed E-state index contributed by atoms with van der Waals surface area (Å²) in [6, 6.07) is 11.7. The number of nitro benzene ring substituents is 1. The molecule has 30 heavy (non-hydrogen) atoms.